The average molecular weight is 218 g/mol. The van der Waals surface area contributed by atoms with Crippen molar-refractivity contribution in [2.45, 2.75) is 6.92 Å². The Labute approximate surface area is 91.1 Å². The fraction of sp³-hybridized carbons (Fsp3) is 0.111. The van der Waals surface area contributed by atoms with Gasteiger partial charge in [0.1, 0.15) is 17.3 Å². The molecule has 0 aliphatic carbocycles. The minimum absolute atomic E-state index is 0.176. The molecule has 16 heavy (non-hydrogen) atoms. The van der Waals surface area contributed by atoms with E-state index in [1.165, 1.54) is 10.7 Å². The van der Waals surface area contributed by atoms with Crippen molar-refractivity contribution in [3.63, 3.8) is 0 Å². The van der Waals surface area contributed by atoms with Crippen molar-refractivity contribution >= 4 is 11.7 Å². The maximum absolute atomic E-state index is 10.9. The summed E-state index contributed by atoms with van der Waals surface area (Å²) in [5.74, 6) is 0.791. The van der Waals surface area contributed by atoms with E-state index in [1.807, 2.05) is 0 Å². The highest BCUT2D eigenvalue weighted by atomic mass is 16.1. The zero-order chi connectivity index (χ0) is 11.7. The first kappa shape index (κ1) is 10.1. The lowest BCUT2D eigenvalue weighted by atomic mass is 10.4. The molecule has 4 N–H and O–H groups in total. The Morgan fingerprint density at radius 1 is 1.44 bits per heavy atom. The smallest absolute Gasteiger partial charge is 0.269 e. The van der Waals surface area contributed by atoms with Crippen molar-refractivity contribution in [3.05, 3.63) is 29.8 Å². The molecule has 82 valence electrons. The van der Waals surface area contributed by atoms with E-state index in [2.05, 4.69) is 15.1 Å². The maximum Gasteiger partial charge on any atom is 0.269 e. The number of amides is 1. The van der Waals surface area contributed by atoms with E-state index in [-0.39, 0.29) is 5.69 Å². The Morgan fingerprint density at radius 2 is 2.19 bits per heavy atom. The molecule has 0 bridgehead atoms. The van der Waals surface area contributed by atoms with Crippen LogP contribution in [0.1, 0.15) is 16.3 Å². The number of aryl methyl sites for hydroxylation is 1. The first-order chi connectivity index (χ1) is 7.56. The first-order valence-electron chi connectivity index (χ1n) is 4.53. The van der Waals surface area contributed by atoms with Crippen molar-refractivity contribution in [2.24, 2.45) is 5.73 Å². The zero-order valence-electron chi connectivity index (χ0n) is 8.58. The number of primary amides is 1. The van der Waals surface area contributed by atoms with E-state index in [1.54, 1.807) is 19.2 Å². The van der Waals surface area contributed by atoms with Gasteiger partial charge in [0.25, 0.3) is 5.91 Å². The molecule has 7 nitrogen and oxygen atoms in total. The van der Waals surface area contributed by atoms with Crippen LogP contribution in [0.15, 0.2) is 18.3 Å². The second-order valence-electron chi connectivity index (χ2n) is 3.21. The van der Waals surface area contributed by atoms with Crippen LogP contribution in [0.2, 0.25) is 0 Å². The Balaban J connectivity index is 2.46. The summed E-state index contributed by atoms with van der Waals surface area (Å²) in [4.78, 5) is 18.9. The van der Waals surface area contributed by atoms with Gasteiger partial charge in [-0.3, -0.25) is 4.79 Å². The second kappa shape index (κ2) is 3.61. The number of rotatable bonds is 2. The summed E-state index contributed by atoms with van der Waals surface area (Å²) in [7, 11) is 0. The van der Waals surface area contributed by atoms with Gasteiger partial charge in [-0.05, 0) is 13.0 Å². The second-order valence-corrected chi connectivity index (χ2v) is 3.21. The van der Waals surface area contributed by atoms with E-state index >= 15 is 0 Å². The fourth-order valence-corrected chi connectivity index (χ4v) is 1.27. The van der Waals surface area contributed by atoms with E-state index < -0.39 is 5.91 Å². The fourth-order valence-electron chi connectivity index (χ4n) is 1.27. The highest BCUT2D eigenvalue weighted by Crippen LogP contribution is 2.08. The van der Waals surface area contributed by atoms with Gasteiger partial charge >= 0.3 is 0 Å². The van der Waals surface area contributed by atoms with Crippen molar-refractivity contribution in [1.29, 1.82) is 0 Å². The third-order valence-corrected chi connectivity index (χ3v) is 1.92. The Kier molecular flexibility index (Phi) is 2.28. The van der Waals surface area contributed by atoms with Gasteiger partial charge in [0.15, 0.2) is 5.82 Å². The molecule has 0 fully saturated rings. The molecule has 0 saturated carbocycles. The third kappa shape index (κ3) is 1.83. The minimum atomic E-state index is -0.586. The van der Waals surface area contributed by atoms with Gasteiger partial charge in [-0.2, -0.15) is 5.10 Å². The van der Waals surface area contributed by atoms with Crippen LogP contribution in [-0.2, 0) is 0 Å². The molecule has 0 atom stereocenters. The SMILES string of the molecule is Cc1nc(N)cc(-n2ccc(C(N)=O)n2)n1. The number of aromatic nitrogens is 4. The topological polar surface area (TPSA) is 113 Å². The number of hydrogen-bond donors (Lipinski definition) is 2. The normalized spacial score (nSPS) is 10.3. The lowest BCUT2D eigenvalue weighted by molar-refractivity contribution is 0.0995. The molecule has 0 aliphatic heterocycles. The average Bonchev–Trinajstić information content (AvgIpc) is 2.64. The van der Waals surface area contributed by atoms with Crippen LogP contribution in [0.5, 0.6) is 0 Å². The number of nitrogen functional groups attached to an aromatic ring is 1. The molecule has 2 rings (SSSR count). The van der Waals surface area contributed by atoms with E-state index in [0.29, 0.717) is 17.5 Å². The number of carbonyl (C=O) groups excluding carboxylic acids is 1. The molecule has 1 amide bonds. The largest absolute Gasteiger partial charge is 0.384 e. The molecule has 2 aromatic rings. The molecule has 2 heterocycles. The van der Waals surface area contributed by atoms with Crippen LogP contribution >= 0.6 is 0 Å². The molecule has 0 unspecified atom stereocenters. The van der Waals surface area contributed by atoms with Crippen LogP contribution in [0.25, 0.3) is 5.82 Å². The monoisotopic (exact) mass is 218 g/mol. The predicted molar refractivity (Wildman–Crippen MR) is 56.8 cm³/mol. The molecular weight excluding hydrogens is 208 g/mol. The van der Waals surface area contributed by atoms with E-state index in [0.717, 1.165) is 0 Å². The summed E-state index contributed by atoms with van der Waals surface area (Å²) in [6.45, 7) is 1.72. The summed E-state index contributed by atoms with van der Waals surface area (Å²) in [6.07, 6.45) is 1.58. The summed E-state index contributed by atoms with van der Waals surface area (Å²) in [5, 5.41) is 3.96. The van der Waals surface area contributed by atoms with Gasteiger partial charge in [-0.1, -0.05) is 0 Å². The van der Waals surface area contributed by atoms with Gasteiger partial charge in [-0.25, -0.2) is 14.6 Å². The van der Waals surface area contributed by atoms with Crippen LogP contribution in [0.4, 0.5) is 5.82 Å². The Hall–Kier alpha value is -2.44. The van der Waals surface area contributed by atoms with E-state index in [4.69, 9.17) is 11.5 Å². The lowest BCUT2D eigenvalue weighted by Gasteiger charge is -2.02. The van der Waals surface area contributed by atoms with Crippen molar-refractivity contribution in [2.75, 3.05) is 5.73 Å². The van der Waals surface area contributed by atoms with Crippen molar-refractivity contribution < 1.29 is 4.79 Å². The van der Waals surface area contributed by atoms with Crippen molar-refractivity contribution in [1.82, 2.24) is 19.7 Å². The van der Waals surface area contributed by atoms with Gasteiger partial charge in [0.2, 0.25) is 0 Å². The predicted octanol–water partition coefficient (Wildman–Crippen LogP) is -0.348. The number of hydrogen-bond acceptors (Lipinski definition) is 5. The maximum atomic E-state index is 10.9. The molecule has 7 heteroatoms. The van der Waals surface area contributed by atoms with Crippen molar-refractivity contribution in [3.8, 4) is 5.82 Å². The van der Waals surface area contributed by atoms with E-state index in [9.17, 15) is 4.79 Å². The van der Waals surface area contributed by atoms with Gasteiger partial charge in [0, 0.05) is 12.3 Å². The molecule has 0 radical (unpaired) electrons. The number of nitrogens with zero attached hydrogens (tertiary/aromatic N) is 4. The number of anilines is 1. The quantitative estimate of drug-likeness (QED) is 0.715. The van der Waals surface area contributed by atoms with Gasteiger partial charge in [0.05, 0.1) is 0 Å². The molecule has 0 spiro atoms. The lowest BCUT2D eigenvalue weighted by Crippen LogP contribution is -2.12. The molecule has 0 saturated heterocycles. The first-order valence-corrected chi connectivity index (χ1v) is 4.53. The Morgan fingerprint density at radius 3 is 2.75 bits per heavy atom. The van der Waals surface area contributed by atoms with Crippen LogP contribution < -0.4 is 11.5 Å². The summed E-state index contributed by atoms with van der Waals surface area (Å²) in [6, 6.07) is 3.07. The number of carbonyl (C=O) groups is 1. The molecule has 0 aliphatic rings. The summed E-state index contributed by atoms with van der Waals surface area (Å²) < 4.78 is 1.42. The minimum Gasteiger partial charge on any atom is -0.384 e. The molecular formula is C9H10N6O. The highest BCUT2D eigenvalue weighted by molar-refractivity contribution is 5.90. The summed E-state index contributed by atoms with van der Waals surface area (Å²) >= 11 is 0. The van der Waals surface area contributed by atoms with Gasteiger partial charge < -0.3 is 11.5 Å². The zero-order valence-corrected chi connectivity index (χ0v) is 8.58. The summed E-state index contributed by atoms with van der Waals surface area (Å²) in [5.41, 5.74) is 10.8. The standard InChI is InChI=1S/C9H10N6O/c1-5-12-7(10)4-8(13-5)15-3-2-6(14-15)9(11)16/h2-4H,1H3,(H2,11,16)(H2,10,12,13). The molecule has 0 aromatic carbocycles. The van der Waals surface area contributed by atoms with Crippen LogP contribution in [0, 0.1) is 6.92 Å². The van der Waals surface area contributed by atoms with Crippen LogP contribution in [0.3, 0.4) is 0 Å². The number of nitrogens with two attached hydrogens (primary N) is 2. The third-order valence-electron chi connectivity index (χ3n) is 1.92. The van der Waals surface area contributed by atoms with Gasteiger partial charge in [-0.15, -0.1) is 0 Å². The van der Waals surface area contributed by atoms with Crippen LogP contribution in [-0.4, -0.2) is 25.7 Å². The highest BCUT2D eigenvalue weighted by Gasteiger charge is 2.07. The Bertz CT molecular complexity index is 526. The molecule has 2 aromatic heterocycles.